The number of hydrogen-bond acceptors (Lipinski definition) is 2. The zero-order chi connectivity index (χ0) is 11.1. The molecule has 1 unspecified atom stereocenters. The summed E-state index contributed by atoms with van der Waals surface area (Å²) < 4.78 is 0. The van der Waals surface area contributed by atoms with Gasteiger partial charge in [0.25, 0.3) is 0 Å². The van der Waals surface area contributed by atoms with Gasteiger partial charge in [0.05, 0.1) is 12.1 Å². The van der Waals surface area contributed by atoms with Gasteiger partial charge in [0, 0.05) is 0 Å². The molecule has 0 aromatic rings. The Morgan fingerprint density at radius 3 is 2.12 bits per heavy atom. The van der Waals surface area contributed by atoms with E-state index in [1.807, 2.05) is 7.05 Å². The first-order valence-electron chi connectivity index (χ1n) is 6.87. The van der Waals surface area contributed by atoms with Crippen LogP contribution in [0.4, 0.5) is 0 Å². The smallest absolute Gasteiger partial charge is 0.0953 e. The van der Waals surface area contributed by atoms with Crippen molar-refractivity contribution in [2.24, 2.45) is 29.6 Å². The number of nitrogens with one attached hydrogen (secondary N) is 1. The summed E-state index contributed by atoms with van der Waals surface area (Å²) >= 11 is 0. The lowest BCUT2D eigenvalue weighted by molar-refractivity contribution is -0.0412. The molecule has 4 saturated carbocycles. The SMILES string of the molecule is CNC(C#N)CC1C2CC3CC(C2)CC1C3. The highest BCUT2D eigenvalue weighted by Gasteiger charge is 2.48. The molecule has 0 aromatic carbocycles. The summed E-state index contributed by atoms with van der Waals surface area (Å²) in [5, 5.41) is 12.2. The Balaban J connectivity index is 1.70. The van der Waals surface area contributed by atoms with Gasteiger partial charge in [-0.25, -0.2) is 0 Å². The summed E-state index contributed by atoms with van der Waals surface area (Å²) in [6, 6.07) is 2.49. The first kappa shape index (κ1) is 10.6. The maximum absolute atomic E-state index is 9.07. The molecule has 16 heavy (non-hydrogen) atoms. The average molecular weight is 218 g/mol. The van der Waals surface area contributed by atoms with E-state index >= 15 is 0 Å². The predicted octanol–water partition coefficient (Wildman–Crippen LogP) is 2.56. The molecule has 88 valence electrons. The highest BCUT2D eigenvalue weighted by molar-refractivity contribution is 5.01. The fourth-order valence-electron chi connectivity index (χ4n) is 4.93. The van der Waals surface area contributed by atoms with Gasteiger partial charge in [-0.2, -0.15) is 5.26 Å². The van der Waals surface area contributed by atoms with E-state index in [-0.39, 0.29) is 6.04 Å². The number of hydrogen-bond donors (Lipinski definition) is 1. The van der Waals surface area contributed by atoms with Crippen LogP contribution < -0.4 is 5.32 Å². The second-order valence-corrected chi connectivity index (χ2v) is 6.30. The summed E-state index contributed by atoms with van der Waals surface area (Å²) in [6.07, 6.45) is 8.51. The summed E-state index contributed by atoms with van der Waals surface area (Å²) in [6.45, 7) is 0. The first-order chi connectivity index (χ1) is 7.80. The van der Waals surface area contributed by atoms with E-state index < -0.39 is 0 Å². The van der Waals surface area contributed by atoms with Crippen LogP contribution in [0.3, 0.4) is 0 Å². The van der Waals surface area contributed by atoms with E-state index in [9.17, 15) is 0 Å². The van der Waals surface area contributed by atoms with Gasteiger partial charge in [0.1, 0.15) is 0 Å². The molecule has 2 heteroatoms. The largest absolute Gasteiger partial charge is 0.305 e. The number of nitriles is 1. The number of rotatable bonds is 3. The third-order valence-electron chi connectivity index (χ3n) is 5.43. The minimum absolute atomic E-state index is 0.0857. The molecular weight excluding hydrogens is 196 g/mol. The highest BCUT2D eigenvalue weighted by Crippen LogP contribution is 2.57. The topological polar surface area (TPSA) is 35.8 Å². The zero-order valence-corrected chi connectivity index (χ0v) is 10.2. The molecule has 0 aromatic heterocycles. The Bertz CT molecular complexity index is 276. The number of nitrogens with zero attached hydrogens (tertiary/aromatic N) is 1. The molecule has 1 N–H and O–H groups in total. The van der Waals surface area contributed by atoms with E-state index in [1.54, 1.807) is 0 Å². The fraction of sp³-hybridized carbons (Fsp3) is 0.929. The van der Waals surface area contributed by atoms with Crippen molar-refractivity contribution in [1.29, 1.82) is 5.26 Å². The quantitative estimate of drug-likeness (QED) is 0.790. The summed E-state index contributed by atoms with van der Waals surface area (Å²) in [5.41, 5.74) is 0. The van der Waals surface area contributed by atoms with Crippen molar-refractivity contribution in [1.82, 2.24) is 5.32 Å². The summed E-state index contributed by atoms with van der Waals surface area (Å²) in [5.74, 6) is 4.87. The lowest BCUT2D eigenvalue weighted by atomic mass is 9.51. The van der Waals surface area contributed by atoms with Crippen LogP contribution in [0.15, 0.2) is 0 Å². The van der Waals surface area contributed by atoms with Crippen molar-refractivity contribution in [3.05, 3.63) is 0 Å². The third kappa shape index (κ3) is 1.66. The van der Waals surface area contributed by atoms with Gasteiger partial charge < -0.3 is 5.32 Å². The summed E-state index contributed by atoms with van der Waals surface area (Å²) in [7, 11) is 1.92. The molecule has 4 aliphatic carbocycles. The molecular formula is C14H22N2. The van der Waals surface area contributed by atoms with Crippen LogP contribution in [0, 0.1) is 40.9 Å². The van der Waals surface area contributed by atoms with Crippen molar-refractivity contribution >= 4 is 0 Å². The van der Waals surface area contributed by atoms with Gasteiger partial charge in [-0.1, -0.05) is 0 Å². The van der Waals surface area contributed by atoms with Crippen molar-refractivity contribution in [2.75, 3.05) is 7.05 Å². The third-order valence-corrected chi connectivity index (χ3v) is 5.43. The van der Waals surface area contributed by atoms with Crippen LogP contribution >= 0.6 is 0 Å². The molecule has 0 heterocycles. The van der Waals surface area contributed by atoms with Crippen molar-refractivity contribution in [3.63, 3.8) is 0 Å². The van der Waals surface area contributed by atoms with Gasteiger partial charge in [0.2, 0.25) is 0 Å². The maximum atomic E-state index is 9.07. The Labute approximate surface area is 98.4 Å². The normalized spacial score (nSPS) is 46.6. The van der Waals surface area contributed by atoms with Crippen LogP contribution in [0.25, 0.3) is 0 Å². The Morgan fingerprint density at radius 2 is 1.69 bits per heavy atom. The second kappa shape index (κ2) is 4.04. The fourth-order valence-corrected chi connectivity index (χ4v) is 4.93. The molecule has 4 rings (SSSR count). The molecule has 4 bridgehead atoms. The molecule has 4 aliphatic rings. The van der Waals surface area contributed by atoms with E-state index in [4.69, 9.17) is 5.26 Å². The molecule has 0 spiro atoms. The Kier molecular flexibility index (Phi) is 2.67. The van der Waals surface area contributed by atoms with Crippen molar-refractivity contribution in [2.45, 2.75) is 44.6 Å². The van der Waals surface area contributed by atoms with Crippen LogP contribution in [0.5, 0.6) is 0 Å². The van der Waals surface area contributed by atoms with Gasteiger partial charge in [-0.05, 0) is 75.2 Å². The summed E-state index contributed by atoms with van der Waals surface area (Å²) in [4.78, 5) is 0. The molecule has 0 radical (unpaired) electrons. The van der Waals surface area contributed by atoms with Crippen molar-refractivity contribution < 1.29 is 0 Å². The molecule has 0 aliphatic heterocycles. The zero-order valence-electron chi connectivity index (χ0n) is 10.2. The lowest BCUT2D eigenvalue weighted by Crippen LogP contribution is -2.46. The second-order valence-electron chi connectivity index (χ2n) is 6.30. The van der Waals surface area contributed by atoms with Gasteiger partial charge in [0.15, 0.2) is 0 Å². The monoisotopic (exact) mass is 218 g/mol. The van der Waals surface area contributed by atoms with Gasteiger partial charge in [-0.3, -0.25) is 0 Å². The van der Waals surface area contributed by atoms with Crippen LogP contribution in [0.2, 0.25) is 0 Å². The van der Waals surface area contributed by atoms with Crippen LogP contribution in [-0.2, 0) is 0 Å². The highest BCUT2D eigenvalue weighted by atomic mass is 14.9. The van der Waals surface area contributed by atoms with E-state index in [0.717, 1.165) is 36.0 Å². The molecule has 1 atom stereocenters. The standard InChI is InChI=1S/C14H22N2/c1-16-13(8-15)7-14-11-3-9-2-10(5-11)6-12(14)4-9/h9-14,16H,2-7H2,1H3. The molecule has 0 saturated heterocycles. The van der Waals surface area contributed by atoms with E-state index in [1.165, 1.54) is 32.1 Å². The minimum Gasteiger partial charge on any atom is -0.305 e. The maximum Gasteiger partial charge on any atom is 0.0953 e. The molecule has 4 fully saturated rings. The van der Waals surface area contributed by atoms with Crippen LogP contribution in [-0.4, -0.2) is 13.1 Å². The minimum atomic E-state index is 0.0857. The lowest BCUT2D eigenvalue weighted by Gasteiger charge is -2.55. The first-order valence-corrected chi connectivity index (χ1v) is 6.87. The Hall–Kier alpha value is -0.550. The van der Waals surface area contributed by atoms with E-state index in [2.05, 4.69) is 11.4 Å². The van der Waals surface area contributed by atoms with Gasteiger partial charge in [-0.15, -0.1) is 0 Å². The van der Waals surface area contributed by atoms with Crippen LogP contribution in [0.1, 0.15) is 38.5 Å². The van der Waals surface area contributed by atoms with Crippen molar-refractivity contribution in [3.8, 4) is 6.07 Å². The van der Waals surface area contributed by atoms with Gasteiger partial charge >= 0.3 is 0 Å². The predicted molar refractivity (Wildman–Crippen MR) is 63.6 cm³/mol. The molecule has 0 amide bonds. The average Bonchev–Trinajstić information content (AvgIpc) is 2.28. The Morgan fingerprint density at radius 1 is 1.12 bits per heavy atom. The molecule has 2 nitrogen and oxygen atoms in total. The van der Waals surface area contributed by atoms with E-state index in [0.29, 0.717) is 0 Å².